The summed E-state index contributed by atoms with van der Waals surface area (Å²) in [4.78, 5) is 4.39. The molecular weight excluding hydrogens is 210 g/mol. The molecule has 3 heteroatoms. The molecule has 2 rings (SSSR count). The molecule has 1 aromatic rings. The number of aryl methyl sites for hydroxylation is 1. The highest BCUT2D eigenvalue weighted by atomic mass is 15.2. The summed E-state index contributed by atoms with van der Waals surface area (Å²) in [6.45, 7) is 4.29. The summed E-state index contributed by atoms with van der Waals surface area (Å²) < 4.78 is 0. The average Bonchev–Trinajstić information content (AvgIpc) is 2.82. The number of hydrogen-bond acceptors (Lipinski definition) is 3. The van der Waals surface area contributed by atoms with Crippen LogP contribution in [0.1, 0.15) is 56.3 Å². The summed E-state index contributed by atoms with van der Waals surface area (Å²) in [6, 6.07) is 4.46. The van der Waals surface area contributed by atoms with Gasteiger partial charge in [-0.2, -0.15) is 0 Å². The van der Waals surface area contributed by atoms with Crippen LogP contribution < -0.4 is 11.3 Å². The van der Waals surface area contributed by atoms with Crippen molar-refractivity contribution in [3.05, 3.63) is 29.6 Å². The van der Waals surface area contributed by atoms with Crippen LogP contribution in [0.4, 0.5) is 0 Å². The van der Waals surface area contributed by atoms with E-state index in [-0.39, 0.29) is 6.04 Å². The van der Waals surface area contributed by atoms with Crippen LogP contribution in [0.5, 0.6) is 0 Å². The van der Waals surface area contributed by atoms with Crippen molar-refractivity contribution in [2.75, 3.05) is 0 Å². The van der Waals surface area contributed by atoms with Gasteiger partial charge in [0.1, 0.15) is 0 Å². The second kappa shape index (κ2) is 5.15. The summed E-state index contributed by atoms with van der Waals surface area (Å²) in [5.41, 5.74) is 5.64. The summed E-state index contributed by atoms with van der Waals surface area (Å²) in [7, 11) is 0. The number of hydrazine groups is 1. The predicted octanol–water partition coefficient (Wildman–Crippen LogP) is 2.86. The van der Waals surface area contributed by atoms with Crippen LogP contribution in [0.2, 0.25) is 0 Å². The van der Waals surface area contributed by atoms with Gasteiger partial charge in [0.25, 0.3) is 0 Å². The molecule has 0 radical (unpaired) electrons. The molecule has 0 aromatic carbocycles. The molecule has 1 aliphatic rings. The molecule has 0 spiro atoms. The van der Waals surface area contributed by atoms with Gasteiger partial charge in [0.05, 0.1) is 6.04 Å². The molecule has 1 heterocycles. The van der Waals surface area contributed by atoms with Gasteiger partial charge in [-0.05, 0) is 43.2 Å². The number of nitrogens with zero attached hydrogens (tertiary/aromatic N) is 1. The van der Waals surface area contributed by atoms with Gasteiger partial charge in [0.2, 0.25) is 0 Å². The molecule has 94 valence electrons. The molecular formula is C14H23N3. The van der Waals surface area contributed by atoms with E-state index in [1.54, 1.807) is 0 Å². The van der Waals surface area contributed by atoms with Crippen LogP contribution in [0.15, 0.2) is 18.3 Å². The van der Waals surface area contributed by atoms with Gasteiger partial charge < -0.3 is 0 Å². The maximum absolute atomic E-state index is 5.81. The molecule has 3 nitrogen and oxygen atoms in total. The van der Waals surface area contributed by atoms with Crippen LogP contribution in [-0.4, -0.2) is 4.98 Å². The Balaban J connectivity index is 2.28. The van der Waals surface area contributed by atoms with Gasteiger partial charge in [0, 0.05) is 11.9 Å². The predicted molar refractivity (Wildman–Crippen MR) is 70.2 cm³/mol. The molecule has 0 bridgehead atoms. The third-order valence-corrected chi connectivity index (χ3v) is 4.35. The average molecular weight is 233 g/mol. The van der Waals surface area contributed by atoms with E-state index in [1.807, 2.05) is 13.1 Å². The maximum atomic E-state index is 5.81. The monoisotopic (exact) mass is 233 g/mol. The molecule has 17 heavy (non-hydrogen) atoms. The Labute approximate surface area is 104 Å². The fourth-order valence-electron chi connectivity index (χ4n) is 3.20. The quantitative estimate of drug-likeness (QED) is 0.621. The second-order valence-electron chi connectivity index (χ2n) is 5.26. The van der Waals surface area contributed by atoms with Gasteiger partial charge in [0.15, 0.2) is 0 Å². The van der Waals surface area contributed by atoms with Gasteiger partial charge in [-0.3, -0.25) is 16.3 Å². The first-order chi connectivity index (χ1) is 8.22. The number of nitrogens with one attached hydrogen (secondary N) is 1. The molecule has 1 aliphatic carbocycles. The molecule has 1 aromatic heterocycles. The van der Waals surface area contributed by atoms with Gasteiger partial charge in [-0.25, -0.2) is 0 Å². The molecule has 1 fully saturated rings. The van der Waals surface area contributed by atoms with E-state index in [0.29, 0.717) is 5.41 Å². The first-order valence-corrected chi connectivity index (χ1v) is 6.60. The van der Waals surface area contributed by atoms with Crippen LogP contribution in [-0.2, 0) is 0 Å². The van der Waals surface area contributed by atoms with Gasteiger partial charge in [-0.15, -0.1) is 0 Å². The Hall–Kier alpha value is -0.930. The van der Waals surface area contributed by atoms with E-state index in [2.05, 4.69) is 29.5 Å². The lowest BCUT2D eigenvalue weighted by Crippen LogP contribution is -2.40. The van der Waals surface area contributed by atoms with Crippen molar-refractivity contribution >= 4 is 0 Å². The summed E-state index contributed by atoms with van der Waals surface area (Å²) >= 11 is 0. The molecule has 1 saturated carbocycles. The fourth-order valence-corrected chi connectivity index (χ4v) is 3.20. The van der Waals surface area contributed by atoms with Crippen molar-refractivity contribution in [3.8, 4) is 0 Å². The highest BCUT2D eigenvalue weighted by molar-refractivity contribution is 5.20. The molecule has 1 unspecified atom stereocenters. The topological polar surface area (TPSA) is 50.9 Å². The number of pyridine rings is 1. The molecule has 1 atom stereocenters. The Morgan fingerprint density at radius 3 is 2.59 bits per heavy atom. The van der Waals surface area contributed by atoms with Crippen molar-refractivity contribution in [2.45, 2.75) is 52.0 Å². The normalized spacial score (nSPS) is 20.4. The molecule has 0 saturated heterocycles. The van der Waals surface area contributed by atoms with E-state index in [0.717, 1.165) is 5.69 Å². The van der Waals surface area contributed by atoms with Crippen LogP contribution >= 0.6 is 0 Å². The second-order valence-corrected chi connectivity index (χ2v) is 5.26. The highest BCUT2D eigenvalue weighted by Gasteiger charge is 2.40. The largest absolute Gasteiger partial charge is 0.271 e. The zero-order valence-electron chi connectivity index (χ0n) is 10.9. The lowest BCUT2D eigenvalue weighted by molar-refractivity contribution is 0.187. The van der Waals surface area contributed by atoms with Crippen LogP contribution in [0, 0.1) is 12.3 Å². The molecule has 0 aliphatic heterocycles. The van der Waals surface area contributed by atoms with E-state index >= 15 is 0 Å². The molecule has 3 N–H and O–H groups in total. The maximum Gasteiger partial charge on any atom is 0.0531 e. The summed E-state index contributed by atoms with van der Waals surface area (Å²) in [5.74, 6) is 5.81. The van der Waals surface area contributed by atoms with Gasteiger partial charge in [-0.1, -0.05) is 25.8 Å². The van der Waals surface area contributed by atoms with Crippen LogP contribution in [0.3, 0.4) is 0 Å². The van der Waals surface area contributed by atoms with Crippen molar-refractivity contribution in [1.82, 2.24) is 10.4 Å². The zero-order valence-corrected chi connectivity index (χ0v) is 10.9. The van der Waals surface area contributed by atoms with Crippen molar-refractivity contribution in [2.24, 2.45) is 11.3 Å². The number of hydrogen-bond donors (Lipinski definition) is 2. The third-order valence-electron chi connectivity index (χ3n) is 4.35. The minimum Gasteiger partial charge on any atom is -0.271 e. The Kier molecular flexibility index (Phi) is 3.79. The Bertz CT molecular complexity index is 352. The van der Waals surface area contributed by atoms with Gasteiger partial charge >= 0.3 is 0 Å². The minimum atomic E-state index is 0.239. The Morgan fingerprint density at radius 2 is 2.12 bits per heavy atom. The van der Waals surface area contributed by atoms with E-state index in [4.69, 9.17) is 5.84 Å². The van der Waals surface area contributed by atoms with Crippen molar-refractivity contribution < 1.29 is 0 Å². The van der Waals surface area contributed by atoms with Crippen LogP contribution in [0.25, 0.3) is 0 Å². The minimum absolute atomic E-state index is 0.239. The smallest absolute Gasteiger partial charge is 0.0531 e. The standard InChI is InChI=1S/C14H23N3/c1-3-14(8-4-5-9-14)13(17-15)12-7-6-11(2)16-10-12/h6-7,10,13,17H,3-5,8-9,15H2,1-2H3. The number of nitrogens with two attached hydrogens (primary N) is 1. The zero-order chi connectivity index (χ0) is 12.3. The summed E-state index contributed by atoms with van der Waals surface area (Å²) in [5, 5.41) is 0. The lowest BCUT2D eigenvalue weighted by atomic mass is 9.74. The third kappa shape index (κ3) is 2.35. The molecule has 0 amide bonds. The van der Waals surface area contributed by atoms with E-state index in [1.165, 1.54) is 37.7 Å². The lowest BCUT2D eigenvalue weighted by Gasteiger charge is -2.36. The first-order valence-electron chi connectivity index (χ1n) is 6.60. The Morgan fingerprint density at radius 1 is 1.41 bits per heavy atom. The SMILES string of the molecule is CCC1(C(NN)c2ccc(C)nc2)CCCC1. The van der Waals surface area contributed by atoms with E-state index in [9.17, 15) is 0 Å². The first kappa shape index (κ1) is 12.5. The van der Waals surface area contributed by atoms with E-state index < -0.39 is 0 Å². The highest BCUT2D eigenvalue weighted by Crippen LogP contribution is 2.49. The summed E-state index contributed by atoms with van der Waals surface area (Å²) in [6.07, 6.45) is 8.33. The van der Waals surface area contributed by atoms with Crippen molar-refractivity contribution in [3.63, 3.8) is 0 Å². The number of aromatic nitrogens is 1. The van der Waals surface area contributed by atoms with Crippen molar-refractivity contribution in [1.29, 1.82) is 0 Å². The fraction of sp³-hybridized carbons (Fsp3) is 0.643. The number of rotatable bonds is 4.